The second-order valence-electron chi connectivity index (χ2n) is 6.80. The van der Waals surface area contributed by atoms with Crippen LogP contribution in [0.2, 0.25) is 0 Å². The van der Waals surface area contributed by atoms with Gasteiger partial charge in [0.2, 0.25) is 5.91 Å². The predicted octanol–water partition coefficient (Wildman–Crippen LogP) is 1.30. The molecule has 1 aliphatic heterocycles. The number of carbonyl (C=O) groups is 2. The first kappa shape index (κ1) is 18.3. The number of carboxylic acid groups (broad SMARTS) is 1. The van der Waals surface area contributed by atoms with E-state index in [4.69, 9.17) is 0 Å². The molecule has 1 aromatic heterocycles. The van der Waals surface area contributed by atoms with Gasteiger partial charge in [0.15, 0.2) is 0 Å². The molecule has 2 atom stereocenters. The van der Waals surface area contributed by atoms with Gasteiger partial charge in [-0.1, -0.05) is 6.42 Å². The van der Waals surface area contributed by atoms with Crippen molar-refractivity contribution >= 4 is 33.2 Å². The Morgan fingerprint density at radius 2 is 2.20 bits per heavy atom. The van der Waals surface area contributed by atoms with Gasteiger partial charge in [-0.3, -0.25) is 9.59 Å². The highest BCUT2D eigenvalue weighted by Crippen LogP contribution is 2.50. The number of carbonyl (C=O) groups excluding carboxylic acids is 1. The highest BCUT2D eigenvalue weighted by Gasteiger charge is 2.57. The number of nitrogens with one attached hydrogen (secondary N) is 1. The van der Waals surface area contributed by atoms with E-state index in [1.165, 1.54) is 22.6 Å². The lowest BCUT2D eigenvalue weighted by molar-refractivity contribution is -0.149. The Bertz CT molecular complexity index is 788. The van der Waals surface area contributed by atoms with Gasteiger partial charge >= 0.3 is 5.97 Å². The van der Waals surface area contributed by atoms with Crippen LogP contribution in [0.15, 0.2) is 16.3 Å². The van der Waals surface area contributed by atoms with Crippen molar-refractivity contribution in [1.82, 2.24) is 9.62 Å². The molecule has 2 heterocycles. The highest BCUT2D eigenvalue weighted by atomic mass is 32.2. The van der Waals surface area contributed by atoms with E-state index >= 15 is 0 Å². The van der Waals surface area contributed by atoms with Crippen molar-refractivity contribution in [3.63, 3.8) is 0 Å². The number of hydrogen-bond acceptors (Lipinski definition) is 5. The first-order valence-corrected chi connectivity index (χ1v) is 10.6. The monoisotopic (exact) mass is 386 g/mol. The Morgan fingerprint density at radius 3 is 2.84 bits per heavy atom. The molecule has 3 rings (SSSR count). The van der Waals surface area contributed by atoms with Crippen LogP contribution in [-0.4, -0.2) is 49.3 Å². The van der Waals surface area contributed by atoms with Crippen LogP contribution in [0.25, 0.3) is 0 Å². The van der Waals surface area contributed by atoms with E-state index in [9.17, 15) is 23.1 Å². The van der Waals surface area contributed by atoms with Gasteiger partial charge in [-0.15, -0.1) is 11.3 Å². The number of carboxylic acids is 1. The minimum absolute atomic E-state index is 0.0639. The summed E-state index contributed by atoms with van der Waals surface area (Å²) in [6.07, 6.45) is 2.73. The van der Waals surface area contributed by atoms with Crippen molar-refractivity contribution in [1.29, 1.82) is 0 Å². The summed E-state index contributed by atoms with van der Waals surface area (Å²) in [6, 6.07) is 3.33. The number of hydrogen-bond donors (Lipinski definition) is 2. The number of rotatable bonds is 6. The van der Waals surface area contributed by atoms with E-state index in [-0.39, 0.29) is 29.1 Å². The summed E-state index contributed by atoms with van der Waals surface area (Å²) in [5.74, 6) is -1.10. The average molecular weight is 386 g/mol. The summed E-state index contributed by atoms with van der Waals surface area (Å²) >= 11 is 1.19. The van der Waals surface area contributed by atoms with Gasteiger partial charge in [0.05, 0.1) is 5.41 Å². The van der Waals surface area contributed by atoms with Gasteiger partial charge in [0, 0.05) is 31.4 Å². The lowest BCUT2D eigenvalue weighted by atomic mass is 9.81. The van der Waals surface area contributed by atoms with Crippen molar-refractivity contribution in [2.24, 2.45) is 11.3 Å². The number of nitrogens with zero attached hydrogens (tertiary/aromatic N) is 1. The Hall–Kier alpha value is -1.45. The fourth-order valence-corrected chi connectivity index (χ4v) is 6.96. The quantitative estimate of drug-likeness (QED) is 0.767. The zero-order valence-corrected chi connectivity index (χ0v) is 15.7. The molecule has 2 N–H and O–H groups in total. The summed E-state index contributed by atoms with van der Waals surface area (Å²) in [5, 5.41) is 12.3. The van der Waals surface area contributed by atoms with Crippen LogP contribution in [0.3, 0.4) is 0 Å². The van der Waals surface area contributed by atoms with Crippen molar-refractivity contribution in [3.8, 4) is 0 Å². The molecule has 138 valence electrons. The SMILES string of the molecule is CC(=O)NCCc1ccc(S(=O)(=O)N2C[C@@H]3CCC[C@@]3(C(=O)O)C2)s1. The molecule has 2 aliphatic rings. The zero-order chi connectivity index (χ0) is 18.2. The normalized spacial score (nSPS) is 26.5. The topological polar surface area (TPSA) is 104 Å². The number of sulfonamides is 1. The first-order valence-electron chi connectivity index (χ1n) is 8.32. The predicted molar refractivity (Wildman–Crippen MR) is 92.9 cm³/mol. The summed E-state index contributed by atoms with van der Waals surface area (Å²) in [7, 11) is -3.67. The highest BCUT2D eigenvalue weighted by molar-refractivity contribution is 7.91. The summed E-state index contributed by atoms with van der Waals surface area (Å²) in [6.45, 7) is 2.25. The molecule has 0 spiro atoms. The lowest BCUT2D eigenvalue weighted by Crippen LogP contribution is -2.37. The van der Waals surface area contributed by atoms with Gasteiger partial charge < -0.3 is 10.4 Å². The van der Waals surface area contributed by atoms with Gasteiger partial charge in [-0.25, -0.2) is 8.42 Å². The number of thiophene rings is 1. The maximum atomic E-state index is 12.9. The van der Waals surface area contributed by atoms with Crippen LogP contribution in [0.1, 0.15) is 31.1 Å². The van der Waals surface area contributed by atoms with Crippen molar-refractivity contribution in [2.75, 3.05) is 19.6 Å². The van der Waals surface area contributed by atoms with Crippen LogP contribution >= 0.6 is 11.3 Å². The number of fused-ring (bicyclic) bond motifs is 1. The van der Waals surface area contributed by atoms with Crippen LogP contribution < -0.4 is 5.32 Å². The fraction of sp³-hybridized carbons (Fsp3) is 0.625. The van der Waals surface area contributed by atoms with Gasteiger partial charge in [0.25, 0.3) is 10.0 Å². The van der Waals surface area contributed by atoms with Crippen LogP contribution in [0.5, 0.6) is 0 Å². The Balaban J connectivity index is 1.74. The van der Waals surface area contributed by atoms with E-state index < -0.39 is 21.4 Å². The molecule has 1 amide bonds. The molecule has 1 saturated heterocycles. The molecule has 0 bridgehead atoms. The maximum Gasteiger partial charge on any atom is 0.311 e. The van der Waals surface area contributed by atoms with E-state index in [1.54, 1.807) is 12.1 Å². The fourth-order valence-electron chi connectivity index (χ4n) is 3.90. The Labute approximate surface area is 151 Å². The van der Waals surface area contributed by atoms with Crippen molar-refractivity contribution < 1.29 is 23.1 Å². The summed E-state index contributed by atoms with van der Waals surface area (Å²) in [4.78, 5) is 23.5. The smallest absolute Gasteiger partial charge is 0.311 e. The third-order valence-corrected chi connectivity index (χ3v) is 8.67. The molecule has 2 fully saturated rings. The molecule has 9 heteroatoms. The standard InChI is InChI=1S/C16H22N2O5S2/c1-11(19)17-8-6-13-4-5-14(24-13)25(22,23)18-9-12-3-2-7-16(12,10-18)15(20)21/h4-5,12H,2-3,6-10H2,1H3,(H,17,19)(H,20,21)/t12-,16+/m0/s1. The third kappa shape index (κ3) is 3.32. The lowest BCUT2D eigenvalue weighted by Gasteiger charge is -2.23. The van der Waals surface area contributed by atoms with Gasteiger partial charge in [-0.05, 0) is 37.3 Å². The van der Waals surface area contributed by atoms with Gasteiger partial charge in [0.1, 0.15) is 4.21 Å². The summed E-state index contributed by atoms with van der Waals surface area (Å²) < 4.78 is 27.4. The maximum absolute atomic E-state index is 12.9. The molecule has 1 aromatic rings. The van der Waals surface area contributed by atoms with E-state index in [0.717, 1.165) is 17.7 Å². The molecule has 0 radical (unpaired) electrons. The van der Waals surface area contributed by atoms with E-state index in [2.05, 4.69) is 5.32 Å². The first-order chi connectivity index (χ1) is 11.8. The van der Waals surface area contributed by atoms with Crippen LogP contribution in [-0.2, 0) is 26.0 Å². The molecule has 7 nitrogen and oxygen atoms in total. The second kappa shape index (κ2) is 6.69. The zero-order valence-electron chi connectivity index (χ0n) is 14.0. The number of aliphatic carboxylic acids is 1. The van der Waals surface area contributed by atoms with E-state index in [0.29, 0.717) is 19.4 Å². The minimum Gasteiger partial charge on any atom is -0.481 e. The molecule has 1 aliphatic carbocycles. The molecular weight excluding hydrogens is 364 g/mol. The third-order valence-electron chi connectivity index (χ3n) is 5.24. The average Bonchev–Trinajstić information content (AvgIpc) is 3.20. The second-order valence-corrected chi connectivity index (χ2v) is 10.1. The van der Waals surface area contributed by atoms with Gasteiger partial charge in [-0.2, -0.15) is 4.31 Å². The Kier molecular flexibility index (Phi) is 4.91. The van der Waals surface area contributed by atoms with E-state index in [1.807, 2.05) is 0 Å². The van der Waals surface area contributed by atoms with Crippen LogP contribution in [0.4, 0.5) is 0 Å². The molecule has 0 unspecified atom stereocenters. The minimum atomic E-state index is -3.67. The largest absolute Gasteiger partial charge is 0.481 e. The van der Waals surface area contributed by atoms with Crippen molar-refractivity contribution in [3.05, 3.63) is 17.0 Å². The number of amides is 1. The van der Waals surface area contributed by atoms with Crippen molar-refractivity contribution in [2.45, 2.75) is 36.8 Å². The van der Waals surface area contributed by atoms with Crippen LogP contribution in [0, 0.1) is 11.3 Å². The molecule has 0 aromatic carbocycles. The molecule has 1 saturated carbocycles. The summed E-state index contributed by atoms with van der Waals surface area (Å²) in [5.41, 5.74) is -0.918. The molecule has 25 heavy (non-hydrogen) atoms. The Morgan fingerprint density at radius 1 is 1.44 bits per heavy atom. The molecular formula is C16H22N2O5S2.